The number of carbonyl (C=O) groups excluding carboxylic acids is 3. The molecule has 186 valence electrons. The Morgan fingerprint density at radius 1 is 1.00 bits per heavy atom. The summed E-state index contributed by atoms with van der Waals surface area (Å²) >= 11 is 0. The molecule has 0 saturated heterocycles. The Morgan fingerprint density at radius 3 is 2.26 bits per heavy atom. The van der Waals surface area contributed by atoms with E-state index in [4.69, 9.17) is 9.47 Å². The van der Waals surface area contributed by atoms with Gasteiger partial charge in [0.2, 0.25) is 11.8 Å². The van der Waals surface area contributed by atoms with Gasteiger partial charge in [-0.25, -0.2) is 0 Å². The fourth-order valence-electron chi connectivity index (χ4n) is 3.37. The van der Waals surface area contributed by atoms with Gasteiger partial charge in [-0.2, -0.15) is 0 Å². The van der Waals surface area contributed by atoms with Crippen molar-refractivity contribution in [3.63, 3.8) is 0 Å². The molecule has 3 rings (SSSR count). The molecule has 1 atom stereocenters. The van der Waals surface area contributed by atoms with Gasteiger partial charge in [0.15, 0.2) is 0 Å². The van der Waals surface area contributed by atoms with Crippen molar-refractivity contribution < 1.29 is 33.8 Å². The summed E-state index contributed by atoms with van der Waals surface area (Å²) < 4.78 is 11.1. The summed E-state index contributed by atoms with van der Waals surface area (Å²) in [5, 5.41) is 14.6. The normalized spacial score (nSPS) is 14.8. The van der Waals surface area contributed by atoms with Gasteiger partial charge in [-0.1, -0.05) is 24.3 Å². The van der Waals surface area contributed by atoms with Crippen LogP contribution in [0.2, 0.25) is 0 Å². The van der Waals surface area contributed by atoms with Gasteiger partial charge < -0.3 is 25.2 Å². The minimum atomic E-state index is -1.52. The number of nitrogens with one attached hydrogen (secondary N) is 2. The van der Waals surface area contributed by atoms with Crippen LogP contribution in [0.25, 0.3) is 0 Å². The number of ether oxygens (including phenoxy) is 2. The molecule has 35 heavy (non-hydrogen) atoms. The number of hydrogen-bond donors (Lipinski definition) is 3. The molecular formula is C26H30N2O7. The predicted molar refractivity (Wildman–Crippen MR) is 128 cm³/mol. The SMILES string of the molecule is CC(C)(C)OC(=O)CCC(NC(=O)C1(C(=O)O)CC1)C(=O)Nc1cccc(Oc2ccccc2)c1. The molecule has 2 aromatic carbocycles. The molecule has 1 aliphatic carbocycles. The summed E-state index contributed by atoms with van der Waals surface area (Å²) in [6.07, 6.45) is 0.218. The molecule has 9 nitrogen and oxygen atoms in total. The number of esters is 1. The molecule has 2 amide bonds. The maximum absolute atomic E-state index is 13.1. The molecule has 0 radical (unpaired) electrons. The lowest BCUT2D eigenvalue weighted by atomic mass is 10.0. The Balaban J connectivity index is 1.70. The summed E-state index contributed by atoms with van der Waals surface area (Å²) in [4.78, 5) is 49.4. The van der Waals surface area contributed by atoms with Crippen LogP contribution in [-0.2, 0) is 23.9 Å². The van der Waals surface area contributed by atoms with Gasteiger partial charge in [0.25, 0.3) is 0 Å². The summed E-state index contributed by atoms with van der Waals surface area (Å²) in [7, 11) is 0. The third-order valence-corrected chi connectivity index (χ3v) is 5.35. The van der Waals surface area contributed by atoms with E-state index in [0.29, 0.717) is 17.2 Å². The Hall–Kier alpha value is -3.88. The Labute approximate surface area is 203 Å². The number of anilines is 1. The van der Waals surface area contributed by atoms with Gasteiger partial charge in [-0.15, -0.1) is 0 Å². The first-order valence-electron chi connectivity index (χ1n) is 11.4. The van der Waals surface area contributed by atoms with E-state index in [2.05, 4.69) is 10.6 Å². The van der Waals surface area contributed by atoms with Crippen LogP contribution in [-0.4, -0.2) is 40.5 Å². The zero-order valence-corrected chi connectivity index (χ0v) is 20.0. The average molecular weight is 483 g/mol. The first-order chi connectivity index (χ1) is 16.5. The van der Waals surface area contributed by atoms with Crippen molar-refractivity contribution in [3.05, 3.63) is 54.6 Å². The number of carboxylic acids is 1. The highest BCUT2D eigenvalue weighted by atomic mass is 16.6. The Morgan fingerprint density at radius 2 is 1.66 bits per heavy atom. The molecular weight excluding hydrogens is 452 g/mol. The van der Waals surface area contributed by atoms with Gasteiger partial charge in [0.05, 0.1) is 0 Å². The minimum absolute atomic E-state index is 0.0532. The fraction of sp³-hybridized carbons (Fsp3) is 0.385. The van der Waals surface area contributed by atoms with Crippen LogP contribution >= 0.6 is 0 Å². The van der Waals surface area contributed by atoms with Gasteiger partial charge >= 0.3 is 11.9 Å². The lowest BCUT2D eigenvalue weighted by Crippen LogP contribution is -2.48. The quantitative estimate of drug-likeness (QED) is 0.346. The summed E-state index contributed by atoms with van der Waals surface area (Å²) in [6.45, 7) is 5.18. The molecule has 0 heterocycles. The van der Waals surface area contributed by atoms with E-state index in [0.717, 1.165) is 0 Å². The van der Waals surface area contributed by atoms with Gasteiger partial charge in [0.1, 0.15) is 28.6 Å². The second kappa shape index (κ2) is 10.6. The lowest BCUT2D eigenvalue weighted by molar-refractivity contribution is -0.156. The molecule has 0 spiro atoms. The molecule has 1 aliphatic rings. The molecule has 0 bridgehead atoms. The number of rotatable bonds is 10. The van der Waals surface area contributed by atoms with Crippen LogP contribution in [0.1, 0.15) is 46.5 Å². The number of para-hydroxylation sites is 1. The van der Waals surface area contributed by atoms with Crippen LogP contribution in [0, 0.1) is 5.41 Å². The second-order valence-electron chi connectivity index (χ2n) is 9.47. The molecule has 9 heteroatoms. The topological polar surface area (TPSA) is 131 Å². The van der Waals surface area contributed by atoms with Crippen molar-refractivity contribution in [2.24, 2.45) is 5.41 Å². The molecule has 1 saturated carbocycles. The third-order valence-electron chi connectivity index (χ3n) is 5.35. The van der Waals surface area contributed by atoms with E-state index >= 15 is 0 Å². The third kappa shape index (κ3) is 7.30. The van der Waals surface area contributed by atoms with Crippen LogP contribution in [0.15, 0.2) is 54.6 Å². The maximum Gasteiger partial charge on any atom is 0.319 e. The highest BCUT2D eigenvalue weighted by Crippen LogP contribution is 2.46. The average Bonchev–Trinajstić information content (AvgIpc) is 3.58. The van der Waals surface area contributed by atoms with Crippen molar-refractivity contribution in [1.29, 1.82) is 0 Å². The van der Waals surface area contributed by atoms with E-state index < -0.39 is 40.8 Å². The van der Waals surface area contributed by atoms with E-state index in [1.54, 1.807) is 57.2 Å². The van der Waals surface area contributed by atoms with E-state index in [1.165, 1.54) is 0 Å². The Kier molecular flexibility index (Phi) is 7.78. The fourth-order valence-corrected chi connectivity index (χ4v) is 3.37. The van der Waals surface area contributed by atoms with Gasteiger partial charge in [-0.3, -0.25) is 19.2 Å². The van der Waals surface area contributed by atoms with Crippen molar-refractivity contribution in [2.75, 3.05) is 5.32 Å². The molecule has 3 N–H and O–H groups in total. The Bertz CT molecular complexity index is 1090. The standard InChI is InChI=1S/C26H30N2O7/c1-25(2,3)35-21(29)13-12-20(28-23(31)26(14-15-26)24(32)33)22(30)27-17-8-7-11-19(16-17)34-18-9-5-4-6-10-18/h4-11,16,20H,12-15H2,1-3H3,(H,27,30)(H,28,31)(H,32,33). The summed E-state index contributed by atoms with van der Waals surface area (Å²) in [6, 6.07) is 14.7. The monoisotopic (exact) mass is 482 g/mol. The van der Waals surface area contributed by atoms with Crippen LogP contribution in [0.3, 0.4) is 0 Å². The minimum Gasteiger partial charge on any atom is -0.480 e. The predicted octanol–water partition coefficient (Wildman–Crippen LogP) is 3.89. The number of aliphatic carboxylic acids is 1. The van der Waals surface area contributed by atoms with Crippen molar-refractivity contribution >= 4 is 29.4 Å². The largest absolute Gasteiger partial charge is 0.480 e. The van der Waals surface area contributed by atoms with Crippen LogP contribution in [0.5, 0.6) is 11.5 Å². The number of carbonyl (C=O) groups is 4. The van der Waals surface area contributed by atoms with Crippen LogP contribution in [0.4, 0.5) is 5.69 Å². The van der Waals surface area contributed by atoms with E-state index in [-0.39, 0.29) is 25.7 Å². The highest BCUT2D eigenvalue weighted by molar-refractivity contribution is 6.07. The zero-order chi connectivity index (χ0) is 25.6. The second-order valence-corrected chi connectivity index (χ2v) is 9.47. The molecule has 0 aromatic heterocycles. The number of hydrogen-bond acceptors (Lipinski definition) is 6. The molecule has 1 unspecified atom stereocenters. The van der Waals surface area contributed by atoms with E-state index in [9.17, 15) is 24.3 Å². The number of benzene rings is 2. The van der Waals surface area contributed by atoms with Crippen LogP contribution < -0.4 is 15.4 Å². The summed E-state index contributed by atoms with van der Waals surface area (Å²) in [5.74, 6) is -1.96. The maximum atomic E-state index is 13.1. The summed E-state index contributed by atoms with van der Waals surface area (Å²) in [5.41, 5.74) is -1.80. The highest BCUT2D eigenvalue weighted by Gasteiger charge is 2.57. The smallest absolute Gasteiger partial charge is 0.319 e. The first-order valence-corrected chi connectivity index (χ1v) is 11.4. The first kappa shape index (κ1) is 25.7. The zero-order valence-electron chi connectivity index (χ0n) is 20.0. The van der Waals surface area contributed by atoms with Crippen molar-refractivity contribution in [2.45, 2.75) is 58.1 Å². The van der Waals surface area contributed by atoms with Gasteiger partial charge in [-0.05, 0) is 64.3 Å². The number of carboxylic acid groups (broad SMARTS) is 1. The molecule has 1 fully saturated rings. The number of amides is 2. The van der Waals surface area contributed by atoms with E-state index in [1.807, 2.05) is 18.2 Å². The van der Waals surface area contributed by atoms with Gasteiger partial charge in [0, 0.05) is 18.2 Å². The van der Waals surface area contributed by atoms with Crippen molar-refractivity contribution in [3.8, 4) is 11.5 Å². The molecule has 0 aliphatic heterocycles. The van der Waals surface area contributed by atoms with Crippen molar-refractivity contribution in [1.82, 2.24) is 5.32 Å². The lowest BCUT2D eigenvalue weighted by Gasteiger charge is -2.22. The molecule has 2 aromatic rings.